The van der Waals surface area contributed by atoms with Crippen LogP contribution >= 0.6 is 11.5 Å². The Hall–Kier alpha value is -2.15. The summed E-state index contributed by atoms with van der Waals surface area (Å²) in [5.74, 6) is 1.52. The molecule has 98 valence electrons. The standard InChI is InChI=1S/C12H12N4O2S/c1-7(13-15-12-8(2)14-16-19-12)9-3-4-10-11(5-9)18-6-17-10/h3-5,15H,6H2,1-2H3. The van der Waals surface area contributed by atoms with E-state index in [1.807, 2.05) is 32.0 Å². The monoisotopic (exact) mass is 276 g/mol. The molecule has 19 heavy (non-hydrogen) atoms. The van der Waals surface area contributed by atoms with Crippen LogP contribution in [-0.4, -0.2) is 22.1 Å². The van der Waals surface area contributed by atoms with Gasteiger partial charge in [-0.25, -0.2) is 0 Å². The minimum Gasteiger partial charge on any atom is -0.454 e. The molecule has 0 radical (unpaired) electrons. The number of aryl methyl sites for hydroxylation is 1. The van der Waals surface area contributed by atoms with Gasteiger partial charge in [-0.05, 0) is 32.0 Å². The highest BCUT2D eigenvalue weighted by atomic mass is 32.1. The zero-order valence-electron chi connectivity index (χ0n) is 10.5. The fraction of sp³-hybridized carbons (Fsp3) is 0.250. The Morgan fingerprint density at radius 3 is 3.00 bits per heavy atom. The summed E-state index contributed by atoms with van der Waals surface area (Å²) in [4.78, 5) is 0. The molecule has 0 aliphatic carbocycles. The fourth-order valence-corrected chi connectivity index (χ4v) is 2.16. The van der Waals surface area contributed by atoms with E-state index in [4.69, 9.17) is 9.47 Å². The third-order valence-electron chi connectivity index (χ3n) is 2.77. The molecule has 1 aromatic carbocycles. The van der Waals surface area contributed by atoms with Gasteiger partial charge in [0, 0.05) is 17.1 Å². The Bertz CT molecular complexity index is 638. The summed E-state index contributed by atoms with van der Waals surface area (Å²) in [5, 5.41) is 9.09. The van der Waals surface area contributed by atoms with Crippen LogP contribution in [0.25, 0.3) is 0 Å². The van der Waals surface area contributed by atoms with Gasteiger partial charge in [0.25, 0.3) is 0 Å². The average Bonchev–Trinajstić information content (AvgIpc) is 3.03. The molecule has 0 amide bonds. The Kier molecular flexibility index (Phi) is 3.04. The van der Waals surface area contributed by atoms with Gasteiger partial charge in [-0.2, -0.15) is 5.10 Å². The van der Waals surface area contributed by atoms with E-state index < -0.39 is 0 Å². The molecule has 1 aliphatic rings. The van der Waals surface area contributed by atoms with E-state index >= 15 is 0 Å². The molecule has 0 atom stereocenters. The number of hydrogen-bond acceptors (Lipinski definition) is 7. The molecule has 7 heteroatoms. The number of aromatic nitrogens is 2. The van der Waals surface area contributed by atoms with Gasteiger partial charge in [0.05, 0.1) is 11.4 Å². The van der Waals surface area contributed by atoms with Crippen LogP contribution in [0.4, 0.5) is 5.00 Å². The lowest BCUT2D eigenvalue weighted by Gasteiger charge is -2.03. The van der Waals surface area contributed by atoms with Gasteiger partial charge >= 0.3 is 0 Å². The first-order valence-electron chi connectivity index (χ1n) is 5.73. The summed E-state index contributed by atoms with van der Waals surface area (Å²) >= 11 is 1.28. The normalized spacial score (nSPS) is 13.7. The van der Waals surface area contributed by atoms with Gasteiger partial charge in [-0.3, -0.25) is 5.43 Å². The Balaban J connectivity index is 1.80. The third-order valence-corrected chi connectivity index (χ3v) is 3.50. The van der Waals surface area contributed by atoms with Crippen LogP contribution in [0, 0.1) is 6.92 Å². The summed E-state index contributed by atoms with van der Waals surface area (Å²) in [5.41, 5.74) is 5.64. The van der Waals surface area contributed by atoms with Crippen LogP contribution in [0.2, 0.25) is 0 Å². The predicted molar refractivity (Wildman–Crippen MR) is 73.0 cm³/mol. The van der Waals surface area contributed by atoms with E-state index in [-0.39, 0.29) is 6.79 Å². The SMILES string of the molecule is CC(=NNc1snnc1C)c1ccc2c(c1)OCO2. The number of nitrogens with one attached hydrogen (secondary N) is 1. The number of nitrogens with zero attached hydrogens (tertiary/aromatic N) is 3. The number of ether oxygens (including phenoxy) is 2. The molecule has 0 bridgehead atoms. The molecule has 0 saturated heterocycles. The maximum atomic E-state index is 5.34. The molecular formula is C12H12N4O2S. The van der Waals surface area contributed by atoms with Crippen LogP contribution in [0.15, 0.2) is 23.3 Å². The predicted octanol–water partition coefficient (Wildman–Crippen LogP) is 2.41. The van der Waals surface area contributed by atoms with E-state index in [1.54, 1.807) is 0 Å². The lowest BCUT2D eigenvalue weighted by Crippen LogP contribution is -1.99. The summed E-state index contributed by atoms with van der Waals surface area (Å²) in [6.45, 7) is 4.09. The lowest BCUT2D eigenvalue weighted by atomic mass is 10.1. The average molecular weight is 276 g/mol. The van der Waals surface area contributed by atoms with Crippen molar-refractivity contribution < 1.29 is 9.47 Å². The van der Waals surface area contributed by atoms with Crippen molar-refractivity contribution in [2.24, 2.45) is 5.10 Å². The lowest BCUT2D eigenvalue weighted by molar-refractivity contribution is 0.174. The zero-order valence-corrected chi connectivity index (χ0v) is 11.3. The number of fused-ring (bicyclic) bond motifs is 1. The van der Waals surface area contributed by atoms with Crippen LogP contribution in [0.5, 0.6) is 11.5 Å². The largest absolute Gasteiger partial charge is 0.454 e. The van der Waals surface area contributed by atoms with Gasteiger partial charge < -0.3 is 9.47 Å². The highest BCUT2D eigenvalue weighted by Crippen LogP contribution is 2.32. The van der Waals surface area contributed by atoms with Crippen molar-refractivity contribution in [2.75, 3.05) is 12.2 Å². The highest BCUT2D eigenvalue weighted by Gasteiger charge is 2.14. The van der Waals surface area contributed by atoms with Crippen LogP contribution in [0.3, 0.4) is 0 Å². The molecule has 2 heterocycles. The number of anilines is 1. The van der Waals surface area contributed by atoms with Crippen molar-refractivity contribution in [2.45, 2.75) is 13.8 Å². The Morgan fingerprint density at radius 1 is 1.37 bits per heavy atom. The Labute approximate surface area is 114 Å². The number of benzene rings is 1. The maximum absolute atomic E-state index is 5.34. The van der Waals surface area contributed by atoms with Crippen molar-refractivity contribution in [3.8, 4) is 11.5 Å². The zero-order chi connectivity index (χ0) is 13.2. The van der Waals surface area contributed by atoms with Gasteiger partial charge in [0.1, 0.15) is 0 Å². The molecule has 1 aliphatic heterocycles. The van der Waals surface area contributed by atoms with Crippen molar-refractivity contribution in [1.29, 1.82) is 0 Å². The molecule has 0 fully saturated rings. The van der Waals surface area contributed by atoms with Gasteiger partial charge in [-0.15, -0.1) is 5.10 Å². The molecule has 1 N–H and O–H groups in total. The number of hydrazone groups is 1. The number of rotatable bonds is 3. The molecule has 2 aromatic rings. The van der Waals surface area contributed by atoms with E-state index in [0.717, 1.165) is 33.5 Å². The van der Waals surface area contributed by atoms with Crippen molar-refractivity contribution >= 4 is 22.2 Å². The second-order valence-electron chi connectivity index (χ2n) is 4.06. The highest BCUT2D eigenvalue weighted by molar-refractivity contribution is 7.10. The first kappa shape index (κ1) is 11.9. The molecule has 0 spiro atoms. The first-order valence-corrected chi connectivity index (χ1v) is 6.50. The number of hydrogen-bond donors (Lipinski definition) is 1. The molecule has 0 saturated carbocycles. The molecule has 1 aromatic heterocycles. The molecule has 0 unspecified atom stereocenters. The van der Waals surface area contributed by atoms with Gasteiger partial charge in [0.2, 0.25) is 6.79 Å². The van der Waals surface area contributed by atoms with E-state index in [0.29, 0.717) is 0 Å². The van der Waals surface area contributed by atoms with Crippen molar-refractivity contribution in [1.82, 2.24) is 9.59 Å². The minimum atomic E-state index is 0.277. The van der Waals surface area contributed by atoms with E-state index in [9.17, 15) is 0 Å². The third kappa shape index (κ3) is 2.37. The van der Waals surface area contributed by atoms with E-state index in [2.05, 4.69) is 20.1 Å². The van der Waals surface area contributed by atoms with E-state index in [1.165, 1.54) is 11.5 Å². The van der Waals surface area contributed by atoms with Crippen molar-refractivity contribution in [3.05, 3.63) is 29.5 Å². The smallest absolute Gasteiger partial charge is 0.231 e. The first-order chi connectivity index (χ1) is 9.24. The van der Waals surface area contributed by atoms with Crippen LogP contribution in [-0.2, 0) is 0 Å². The van der Waals surface area contributed by atoms with Gasteiger partial charge in [-0.1, -0.05) is 4.49 Å². The van der Waals surface area contributed by atoms with Crippen LogP contribution in [0.1, 0.15) is 18.2 Å². The summed E-state index contributed by atoms with van der Waals surface area (Å²) in [6, 6.07) is 5.75. The van der Waals surface area contributed by atoms with Gasteiger partial charge in [0.15, 0.2) is 16.5 Å². The Morgan fingerprint density at radius 2 is 2.21 bits per heavy atom. The summed E-state index contributed by atoms with van der Waals surface area (Å²) < 4.78 is 14.5. The molecule has 6 nitrogen and oxygen atoms in total. The second kappa shape index (κ2) is 4.85. The summed E-state index contributed by atoms with van der Waals surface area (Å²) in [7, 11) is 0. The quantitative estimate of drug-likeness (QED) is 0.688. The van der Waals surface area contributed by atoms with Crippen LogP contribution < -0.4 is 14.9 Å². The van der Waals surface area contributed by atoms with Crippen molar-refractivity contribution in [3.63, 3.8) is 0 Å². The molecular weight excluding hydrogens is 264 g/mol. The molecule has 3 rings (SSSR count). The topological polar surface area (TPSA) is 68.6 Å². The second-order valence-corrected chi connectivity index (χ2v) is 4.82. The minimum absolute atomic E-state index is 0.277. The fourth-order valence-electron chi connectivity index (χ4n) is 1.66. The summed E-state index contributed by atoms with van der Waals surface area (Å²) in [6.07, 6.45) is 0. The maximum Gasteiger partial charge on any atom is 0.231 e.